The van der Waals surface area contributed by atoms with Crippen LogP contribution in [0.3, 0.4) is 0 Å². The van der Waals surface area contributed by atoms with Crippen LogP contribution in [0.2, 0.25) is 0 Å². The smallest absolute Gasteiger partial charge is 0.433 e. The Labute approximate surface area is 369 Å². The van der Waals surface area contributed by atoms with Crippen LogP contribution < -0.4 is 0 Å². The summed E-state index contributed by atoms with van der Waals surface area (Å²) in [6.45, 7) is 8.33. The van der Waals surface area contributed by atoms with E-state index in [1.807, 2.05) is 105 Å². The standard InChI is InChI=1S/C27H29N5O2.C23H19F3N4/c1-18-8-5-12-25(29-18)32-24-16-19(13-14-20(24)17-28-32)21-9-6-10-22(30-21)23-11-7-15-31(23)26(33)34-27(2,3)4;24-23(25,26)21-9-4-10-22(29-21)30-20-13-16(11-12-17(20)14-27-30)19-8-3-7-18(28-19)15-5-1-2-6-15/h5-6,8-10,12-14,16-17,23H,7,11,15H2,1-4H3;3-4,7-15H,1-2,5-6H2. The van der Waals surface area contributed by atoms with Crippen LogP contribution in [0.1, 0.15) is 94.0 Å². The lowest BCUT2D eigenvalue weighted by molar-refractivity contribution is -0.141. The molecule has 10 rings (SSSR count). The molecule has 0 radical (unpaired) electrons. The van der Waals surface area contributed by atoms with E-state index >= 15 is 0 Å². The number of alkyl halides is 3. The average molecular weight is 864 g/mol. The molecule has 64 heavy (non-hydrogen) atoms. The third kappa shape index (κ3) is 9.08. The third-order valence-electron chi connectivity index (χ3n) is 11.6. The minimum Gasteiger partial charge on any atom is -0.444 e. The van der Waals surface area contributed by atoms with Crippen LogP contribution in [0.5, 0.6) is 0 Å². The van der Waals surface area contributed by atoms with E-state index in [4.69, 9.17) is 14.7 Å². The lowest BCUT2D eigenvalue weighted by Gasteiger charge is -2.28. The first-order valence-electron chi connectivity index (χ1n) is 21.7. The highest BCUT2D eigenvalue weighted by Crippen LogP contribution is 2.36. The van der Waals surface area contributed by atoms with E-state index in [9.17, 15) is 18.0 Å². The van der Waals surface area contributed by atoms with Crippen LogP contribution in [0.4, 0.5) is 18.0 Å². The number of hydrogen-bond donors (Lipinski definition) is 0. The number of fused-ring (bicyclic) bond motifs is 2. The number of carbonyl (C=O) groups is 1. The topological polar surface area (TPSA) is 117 Å². The molecule has 1 saturated carbocycles. The van der Waals surface area contributed by atoms with Gasteiger partial charge in [0.2, 0.25) is 0 Å². The van der Waals surface area contributed by atoms with Gasteiger partial charge in [-0.05, 0) is 114 Å². The van der Waals surface area contributed by atoms with Crippen molar-refractivity contribution in [2.24, 2.45) is 0 Å². The summed E-state index contributed by atoms with van der Waals surface area (Å²) in [5.41, 5.74) is 6.74. The molecule has 14 heteroatoms. The molecular weight excluding hydrogens is 816 g/mol. The number of benzene rings is 2. The maximum Gasteiger partial charge on any atom is 0.433 e. The van der Waals surface area contributed by atoms with Gasteiger partial charge in [0.25, 0.3) is 0 Å². The molecule has 7 heterocycles. The van der Waals surface area contributed by atoms with Crippen LogP contribution in [0.15, 0.2) is 122 Å². The van der Waals surface area contributed by atoms with E-state index < -0.39 is 17.5 Å². The van der Waals surface area contributed by atoms with Gasteiger partial charge in [-0.2, -0.15) is 23.4 Å². The van der Waals surface area contributed by atoms with E-state index in [-0.39, 0.29) is 18.0 Å². The zero-order valence-corrected chi connectivity index (χ0v) is 36.1. The lowest BCUT2D eigenvalue weighted by Crippen LogP contribution is -2.36. The number of aryl methyl sites for hydroxylation is 1. The van der Waals surface area contributed by atoms with E-state index in [1.165, 1.54) is 42.5 Å². The van der Waals surface area contributed by atoms with Gasteiger partial charge in [0.15, 0.2) is 11.6 Å². The molecule has 1 aliphatic heterocycles. The zero-order valence-electron chi connectivity index (χ0n) is 36.1. The second-order valence-electron chi connectivity index (χ2n) is 17.4. The van der Waals surface area contributed by atoms with Crippen molar-refractivity contribution in [3.63, 3.8) is 0 Å². The second-order valence-corrected chi connectivity index (χ2v) is 17.4. The van der Waals surface area contributed by atoms with Crippen molar-refractivity contribution >= 4 is 27.9 Å². The molecule has 8 aromatic rings. The summed E-state index contributed by atoms with van der Waals surface area (Å²) in [6.07, 6.45) is 5.33. The van der Waals surface area contributed by atoms with E-state index in [0.29, 0.717) is 18.0 Å². The van der Waals surface area contributed by atoms with Gasteiger partial charge in [0.05, 0.1) is 46.6 Å². The van der Waals surface area contributed by atoms with Crippen LogP contribution in [0, 0.1) is 6.92 Å². The molecule has 2 aromatic carbocycles. The maximum atomic E-state index is 13.1. The van der Waals surface area contributed by atoms with Gasteiger partial charge in [-0.15, -0.1) is 0 Å². The van der Waals surface area contributed by atoms with Gasteiger partial charge in [0, 0.05) is 45.7 Å². The molecule has 0 bridgehead atoms. The molecule has 11 nitrogen and oxygen atoms in total. The van der Waals surface area contributed by atoms with Crippen molar-refractivity contribution in [1.82, 2.24) is 44.4 Å². The summed E-state index contributed by atoms with van der Waals surface area (Å²) < 4.78 is 48.2. The highest BCUT2D eigenvalue weighted by molar-refractivity contribution is 5.86. The number of nitrogens with zero attached hydrogens (tertiary/aromatic N) is 9. The monoisotopic (exact) mass is 863 g/mol. The molecule has 1 saturated heterocycles. The van der Waals surface area contributed by atoms with Crippen molar-refractivity contribution in [3.05, 3.63) is 144 Å². The van der Waals surface area contributed by atoms with Crippen molar-refractivity contribution in [1.29, 1.82) is 0 Å². The zero-order chi connectivity index (χ0) is 44.6. The van der Waals surface area contributed by atoms with Gasteiger partial charge in [-0.1, -0.05) is 61.4 Å². The van der Waals surface area contributed by atoms with Crippen molar-refractivity contribution in [2.75, 3.05) is 6.54 Å². The minimum atomic E-state index is -4.51. The Bertz CT molecular complexity index is 2970. The van der Waals surface area contributed by atoms with Crippen LogP contribution >= 0.6 is 0 Å². The fourth-order valence-electron chi connectivity index (χ4n) is 8.54. The Morgan fingerprint density at radius 2 is 1.20 bits per heavy atom. The Hall–Kier alpha value is -6.96. The predicted octanol–water partition coefficient (Wildman–Crippen LogP) is 12.0. The fraction of sp³-hybridized carbons (Fsp3) is 0.300. The molecule has 0 spiro atoms. The molecule has 0 N–H and O–H groups in total. The molecule has 326 valence electrons. The number of rotatable bonds is 6. The third-order valence-corrected chi connectivity index (χ3v) is 11.6. The molecule has 2 aliphatic rings. The average Bonchev–Trinajstić information content (AvgIpc) is 4.13. The number of pyridine rings is 4. The molecule has 1 amide bonds. The second kappa shape index (κ2) is 17.3. The SMILES string of the molecule is Cc1cccc(-n2ncc3ccc(-c4cccc(C5CCCN5C(=O)OC(C)(C)C)n4)cc32)n1.FC(F)(F)c1cccc(-n2ncc3ccc(-c4cccc(C5CCCC5)n4)cc32)n1. The minimum absolute atomic E-state index is 0.0828. The summed E-state index contributed by atoms with van der Waals surface area (Å²) in [7, 11) is 0. The first kappa shape index (κ1) is 42.3. The Kier molecular flexibility index (Phi) is 11.5. The Morgan fingerprint density at radius 3 is 1.80 bits per heavy atom. The van der Waals surface area contributed by atoms with Crippen molar-refractivity contribution < 1.29 is 22.7 Å². The van der Waals surface area contributed by atoms with Crippen LogP contribution in [-0.2, 0) is 10.9 Å². The summed E-state index contributed by atoms with van der Waals surface area (Å²) in [6, 6.07) is 33.7. The van der Waals surface area contributed by atoms with Gasteiger partial charge in [-0.3, -0.25) is 14.9 Å². The van der Waals surface area contributed by atoms with E-state index in [2.05, 4.69) is 44.4 Å². The number of carbonyl (C=O) groups excluding carboxylic acids is 1. The summed E-state index contributed by atoms with van der Waals surface area (Å²) in [4.78, 5) is 32.8. The molecule has 1 unspecified atom stereocenters. The normalized spacial score (nSPS) is 15.7. The number of ether oxygens (including phenoxy) is 1. The maximum absolute atomic E-state index is 13.1. The Balaban J connectivity index is 0.000000163. The van der Waals surface area contributed by atoms with Crippen molar-refractivity contribution in [3.8, 4) is 34.2 Å². The number of amides is 1. The molecular formula is C50H48F3N9O2. The summed E-state index contributed by atoms with van der Waals surface area (Å²) >= 11 is 0. The lowest BCUT2D eigenvalue weighted by atomic mass is 10.0. The molecule has 1 aliphatic carbocycles. The first-order valence-corrected chi connectivity index (χ1v) is 21.7. The van der Waals surface area contributed by atoms with Crippen LogP contribution in [-0.4, -0.2) is 62.6 Å². The summed E-state index contributed by atoms with van der Waals surface area (Å²) in [5, 5.41) is 10.7. The fourth-order valence-corrected chi connectivity index (χ4v) is 8.54. The predicted molar refractivity (Wildman–Crippen MR) is 240 cm³/mol. The molecule has 1 atom stereocenters. The van der Waals surface area contributed by atoms with Gasteiger partial charge in [0.1, 0.15) is 11.3 Å². The highest BCUT2D eigenvalue weighted by Gasteiger charge is 2.35. The first-order chi connectivity index (χ1) is 30.8. The molecule has 6 aromatic heterocycles. The van der Waals surface area contributed by atoms with Crippen molar-refractivity contribution in [2.45, 2.75) is 90.0 Å². The highest BCUT2D eigenvalue weighted by atomic mass is 19.4. The van der Waals surface area contributed by atoms with Gasteiger partial charge < -0.3 is 4.74 Å². The largest absolute Gasteiger partial charge is 0.444 e. The molecule has 2 fully saturated rings. The van der Waals surface area contributed by atoms with Gasteiger partial charge >= 0.3 is 12.3 Å². The Morgan fingerprint density at radius 1 is 0.641 bits per heavy atom. The summed E-state index contributed by atoms with van der Waals surface area (Å²) in [5.74, 6) is 1.42. The van der Waals surface area contributed by atoms with Crippen LogP contribution in [0.25, 0.3) is 56.0 Å². The number of hydrogen-bond acceptors (Lipinski definition) is 8. The van der Waals surface area contributed by atoms with E-state index in [0.717, 1.165) is 80.6 Å². The number of likely N-dealkylation sites (tertiary alicyclic amines) is 1. The number of aromatic nitrogens is 8. The van der Waals surface area contributed by atoms with Gasteiger partial charge in [-0.25, -0.2) is 24.1 Å². The quantitative estimate of drug-likeness (QED) is 0.162. The number of halogens is 3. The van der Waals surface area contributed by atoms with E-state index in [1.54, 1.807) is 11.1 Å².